The van der Waals surface area contributed by atoms with Gasteiger partial charge in [0.05, 0.1) is 13.2 Å². The molecule has 0 radical (unpaired) electrons. The molecule has 0 amide bonds. The Kier molecular flexibility index (Phi) is 4.18. The van der Waals surface area contributed by atoms with Gasteiger partial charge in [-0.2, -0.15) is 0 Å². The fraction of sp³-hybridized carbons (Fsp3) is 0.667. The second kappa shape index (κ2) is 5.64. The minimum Gasteiger partial charge on any atom is -0.376 e. The molecule has 1 aromatic rings. The average molecular weight is 225 g/mol. The van der Waals surface area contributed by atoms with E-state index in [9.17, 15) is 0 Å². The van der Waals surface area contributed by atoms with Crippen molar-refractivity contribution < 1.29 is 4.74 Å². The summed E-state index contributed by atoms with van der Waals surface area (Å²) in [6, 6.07) is 4.20. The van der Waals surface area contributed by atoms with Gasteiger partial charge < -0.3 is 10.5 Å². The van der Waals surface area contributed by atoms with Crippen LogP contribution in [0.2, 0.25) is 0 Å². The molecule has 1 aliphatic carbocycles. The lowest BCUT2D eigenvalue weighted by atomic mass is 9.97. The smallest absolute Gasteiger partial charge is 0.0809 e. The predicted molar refractivity (Wildman–Crippen MR) is 63.9 cm³/mol. The van der Waals surface area contributed by atoms with Crippen molar-refractivity contribution in [2.24, 2.45) is 17.6 Å². The number of thiophene rings is 1. The van der Waals surface area contributed by atoms with E-state index in [0.717, 1.165) is 19.8 Å². The zero-order valence-corrected chi connectivity index (χ0v) is 9.84. The molecule has 2 N–H and O–H groups in total. The Balaban J connectivity index is 1.69. The summed E-state index contributed by atoms with van der Waals surface area (Å²) in [6.07, 6.45) is 3.92. The zero-order valence-electron chi connectivity index (χ0n) is 9.02. The first-order chi connectivity index (χ1) is 7.40. The molecule has 84 valence electrons. The van der Waals surface area contributed by atoms with Crippen molar-refractivity contribution in [3.8, 4) is 0 Å². The van der Waals surface area contributed by atoms with Gasteiger partial charge in [-0.25, -0.2) is 0 Å². The molecule has 0 bridgehead atoms. The molecule has 3 heteroatoms. The Morgan fingerprint density at radius 2 is 2.27 bits per heavy atom. The average Bonchev–Trinajstić information content (AvgIpc) is 2.88. The van der Waals surface area contributed by atoms with Gasteiger partial charge >= 0.3 is 0 Å². The summed E-state index contributed by atoms with van der Waals surface area (Å²) in [4.78, 5) is 1.32. The highest BCUT2D eigenvalue weighted by Gasteiger charge is 2.25. The van der Waals surface area contributed by atoms with Crippen LogP contribution in [-0.2, 0) is 11.3 Å². The Labute approximate surface area is 95.4 Å². The van der Waals surface area contributed by atoms with Crippen LogP contribution in [0.5, 0.6) is 0 Å². The minimum atomic E-state index is 0.702. The van der Waals surface area contributed by atoms with Crippen molar-refractivity contribution in [1.29, 1.82) is 0 Å². The molecule has 2 nitrogen and oxygen atoms in total. The molecule has 0 saturated heterocycles. The van der Waals surface area contributed by atoms with Crippen LogP contribution in [0.4, 0.5) is 0 Å². The normalized spacial score (nSPS) is 25.9. The lowest BCUT2D eigenvalue weighted by molar-refractivity contribution is 0.0769. The number of hydrogen-bond acceptors (Lipinski definition) is 3. The molecule has 1 aliphatic rings. The monoisotopic (exact) mass is 225 g/mol. The van der Waals surface area contributed by atoms with Gasteiger partial charge in [0.25, 0.3) is 0 Å². The number of hydrogen-bond donors (Lipinski definition) is 1. The van der Waals surface area contributed by atoms with E-state index >= 15 is 0 Å². The molecule has 1 saturated carbocycles. The van der Waals surface area contributed by atoms with E-state index in [2.05, 4.69) is 17.5 Å². The first kappa shape index (κ1) is 11.1. The molecule has 2 unspecified atom stereocenters. The molecular formula is C12H19NOS. The minimum absolute atomic E-state index is 0.702. The number of rotatable bonds is 5. The van der Waals surface area contributed by atoms with E-state index in [-0.39, 0.29) is 0 Å². The predicted octanol–water partition coefficient (Wildman–Crippen LogP) is 2.64. The third-order valence-electron chi connectivity index (χ3n) is 3.28. The van der Waals surface area contributed by atoms with Crippen LogP contribution in [0.25, 0.3) is 0 Å². The van der Waals surface area contributed by atoms with Crippen molar-refractivity contribution in [2.75, 3.05) is 13.2 Å². The van der Waals surface area contributed by atoms with E-state index in [1.807, 2.05) is 0 Å². The summed E-state index contributed by atoms with van der Waals surface area (Å²) in [5, 5.41) is 2.09. The Hall–Kier alpha value is -0.380. The fourth-order valence-electron chi connectivity index (χ4n) is 2.35. The van der Waals surface area contributed by atoms with Crippen LogP contribution < -0.4 is 5.73 Å². The molecule has 2 rings (SSSR count). The SMILES string of the molecule is NCC1CCCC1COCc1cccs1. The van der Waals surface area contributed by atoms with E-state index in [4.69, 9.17) is 10.5 Å². The quantitative estimate of drug-likeness (QED) is 0.836. The lowest BCUT2D eigenvalue weighted by Crippen LogP contribution is -2.22. The van der Waals surface area contributed by atoms with Crippen LogP contribution in [0.3, 0.4) is 0 Å². The molecule has 15 heavy (non-hydrogen) atoms. The first-order valence-electron chi connectivity index (χ1n) is 5.70. The maximum absolute atomic E-state index is 5.75. The molecule has 1 fully saturated rings. The Morgan fingerprint density at radius 3 is 3.00 bits per heavy atom. The molecule has 2 atom stereocenters. The second-order valence-corrected chi connectivity index (χ2v) is 5.31. The molecule has 1 aromatic heterocycles. The highest BCUT2D eigenvalue weighted by Crippen LogP contribution is 2.31. The summed E-state index contributed by atoms with van der Waals surface area (Å²) < 4.78 is 5.75. The highest BCUT2D eigenvalue weighted by atomic mass is 32.1. The van der Waals surface area contributed by atoms with Crippen LogP contribution in [0, 0.1) is 11.8 Å². The van der Waals surface area contributed by atoms with Gasteiger partial charge in [0, 0.05) is 4.88 Å². The molecule has 0 aliphatic heterocycles. The van der Waals surface area contributed by atoms with E-state index in [1.165, 1.54) is 24.1 Å². The molecule has 0 aromatic carbocycles. The van der Waals surface area contributed by atoms with Gasteiger partial charge in [0.1, 0.15) is 0 Å². The van der Waals surface area contributed by atoms with Gasteiger partial charge in [-0.05, 0) is 42.7 Å². The van der Waals surface area contributed by atoms with Gasteiger partial charge in [-0.1, -0.05) is 12.5 Å². The summed E-state index contributed by atoms with van der Waals surface area (Å²) in [5.74, 6) is 1.41. The van der Waals surface area contributed by atoms with Crippen LogP contribution in [0.1, 0.15) is 24.1 Å². The second-order valence-electron chi connectivity index (χ2n) is 4.28. The van der Waals surface area contributed by atoms with Crippen LogP contribution in [0.15, 0.2) is 17.5 Å². The van der Waals surface area contributed by atoms with E-state index < -0.39 is 0 Å². The van der Waals surface area contributed by atoms with Gasteiger partial charge in [-0.15, -0.1) is 11.3 Å². The van der Waals surface area contributed by atoms with Gasteiger partial charge in [-0.3, -0.25) is 0 Å². The summed E-state index contributed by atoms with van der Waals surface area (Å²) in [5.41, 5.74) is 5.74. The lowest BCUT2D eigenvalue weighted by Gasteiger charge is -2.17. The van der Waals surface area contributed by atoms with E-state index in [1.54, 1.807) is 11.3 Å². The third-order valence-corrected chi connectivity index (χ3v) is 4.13. The Bertz CT molecular complexity index is 273. The maximum Gasteiger partial charge on any atom is 0.0809 e. The maximum atomic E-state index is 5.75. The highest BCUT2D eigenvalue weighted by molar-refractivity contribution is 7.09. The summed E-state index contributed by atoms with van der Waals surface area (Å²) in [7, 11) is 0. The van der Waals surface area contributed by atoms with Crippen molar-refractivity contribution >= 4 is 11.3 Å². The van der Waals surface area contributed by atoms with Gasteiger partial charge in [0.2, 0.25) is 0 Å². The van der Waals surface area contributed by atoms with Crippen molar-refractivity contribution in [2.45, 2.75) is 25.9 Å². The summed E-state index contributed by atoms with van der Waals surface area (Å²) in [6.45, 7) is 2.48. The van der Waals surface area contributed by atoms with Crippen molar-refractivity contribution in [1.82, 2.24) is 0 Å². The zero-order chi connectivity index (χ0) is 10.5. The Morgan fingerprint density at radius 1 is 1.40 bits per heavy atom. The van der Waals surface area contributed by atoms with E-state index in [0.29, 0.717) is 11.8 Å². The molecule has 1 heterocycles. The third kappa shape index (κ3) is 3.03. The van der Waals surface area contributed by atoms with Crippen LogP contribution >= 0.6 is 11.3 Å². The van der Waals surface area contributed by atoms with Gasteiger partial charge in [0.15, 0.2) is 0 Å². The first-order valence-corrected chi connectivity index (χ1v) is 6.58. The standard InChI is InChI=1S/C12H19NOS/c13-7-10-3-1-4-11(10)8-14-9-12-5-2-6-15-12/h2,5-6,10-11H,1,3-4,7-9,13H2. The largest absolute Gasteiger partial charge is 0.376 e. The number of ether oxygens (including phenoxy) is 1. The van der Waals surface area contributed by atoms with Crippen molar-refractivity contribution in [3.63, 3.8) is 0 Å². The van der Waals surface area contributed by atoms with Crippen LogP contribution in [-0.4, -0.2) is 13.2 Å². The summed E-state index contributed by atoms with van der Waals surface area (Å²) >= 11 is 1.76. The number of nitrogens with two attached hydrogens (primary N) is 1. The topological polar surface area (TPSA) is 35.2 Å². The molecule has 0 spiro atoms. The fourth-order valence-corrected chi connectivity index (χ4v) is 2.99. The molecular weight excluding hydrogens is 206 g/mol. The van der Waals surface area contributed by atoms with Crippen molar-refractivity contribution in [3.05, 3.63) is 22.4 Å².